The second kappa shape index (κ2) is 4.98. The Bertz CT molecular complexity index is 567. The molecular weight excluding hydrogens is 254 g/mol. The van der Waals surface area contributed by atoms with Gasteiger partial charge >= 0.3 is 0 Å². The zero-order valence-corrected chi connectivity index (χ0v) is 10.9. The van der Waals surface area contributed by atoms with Gasteiger partial charge in [0, 0.05) is 16.9 Å². The average Bonchev–Trinajstić information content (AvgIpc) is 2.75. The summed E-state index contributed by atoms with van der Waals surface area (Å²) in [5.74, 6) is -1.27. The van der Waals surface area contributed by atoms with Crippen molar-refractivity contribution in [1.29, 1.82) is 0 Å². The number of hydrogen-bond donors (Lipinski definition) is 0. The average molecular weight is 266 g/mol. The quantitative estimate of drug-likeness (QED) is 0.746. The predicted molar refractivity (Wildman–Crippen MR) is 68.8 cm³/mol. The summed E-state index contributed by atoms with van der Waals surface area (Å²) >= 11 is 1.26. The van der Waals surface area contributed by atoms with Crippen LogP contribution >= 0.6 is 11.3 Å². The lowest BCUT2D eigenvalue weighted by Crippen LogP contribution is -2.04. The molecule has 1 heterocycles. The third-order valence-corrected chi connectivity index (χ3v) is 3.67. The molecule has 2 aromatic rings. The van der Waals surface area contributed by atoms with Crippen molar-refractivity contribution in [3.8, 4) is 10.4 Å². The number of carbonyl (C=O) groups excluding carboxylic acids is 1. The van der Waals surface area contributed by atoms with E-state index in [1.54, 1.807) is 12.1 Å². The van der Waals surface area contributed by atoms with Gasteiger partial charge in [0.1, 0.15) is 11.6 Å². The maximum absolute atomic E-state index is 13.1. The molecular formula is C14H12F2OS. The Morgan fingerprint density at radius 2 is 1.72 bits per heavy atom. The number of rotatable bonds is 3. The van der Waals surface area contributed by atoms with E-state index in [4.69, 9.17) is 0 Å². The van der Waals surface area contributed by atoms with Gasteiger partial charge in [-0.05, 0) is 29.8 Å². The number of ketones is 1. The SMILES string of the molecule is CC(C)C(=O)c1ccc(-c2cc(F)cc(F)c2)s1. The van der Waals surface area contributed by atoms with Gasteiger partial charge in [-0.15, -0.1) is 11.3 Å². The normalized spacial score (nSPS) is 10.9. The molecule has 1 aromatic carbocycles. The van der Waals surface area contributed by atoms with Crippen molar-refractivity contribution in [3.05, 3.63) is 46.8 Å². The van der Waals surface area contributed by atoms with Gasteiger partial charge in [-0.3, -0.25) is 4.79 Å². The molecule has 0 aliphatic heterocycles. The second-order valence-corrected chi connectivity index (χ2v) is 5.42. The smallest absolute Gasteiger partial charge is 0.175 e. The summed E-state index contributed by atoms with van der Waals surface area (Å²) in [6, 6.07) is 6.77. The molecule has 0 saturated heterocycles. The van der Waals surface area contributed by atoms with Gasteiger partial charge in [-0.2, -0.15) is 0 Å². The van der Waals surface area contributed by atoms with Crippen LogP contribution in [0, 0.1) is 17.6 Å². The highest BCUT2D eigenvalue weighted by Gasteiger charge is 2.14. The summed E-state index contributed by atoms with van der Waals surface area (Å²) in [4.78, 5) is 13.1. The van der Waals surface area contributed by atoms with Gasteiger partial charge in [0.2, 0.25) is 0 Å². The van der Waals surface area contributed by atoms with Crippen molar-refractivity contribution >= 4 is 17.1 Å². The van der Waals surface area contributed by atoms with Crippen LogP contribution in [0.4, 0.5) is 8.78 Å². The van der Waals surface area contributed by atoms with Gasteiger partial charge in [0.25, 0.3) is 0 Å². The topological polar surface area (TPSA) is 17.1 Å². The molecule has 4 heteroatoms. The van der Waals surface area contributed by atoms with Gasteiger partial charge in [0.05, 0.1) is 4.88 Å². The molecule has 18 heavy (non-hydrogen) atoms. The highest BCUT2D eigenvalue weighted by atomic mass is 32.1. The van der Waals surface area contributed by atoms with Gasteiger partial charge in [-0.25, -0.2) is 8.78 Å². The molecule has 0 N–H and O–H groups in total. The first kappa shape index (κ1) is 12.9. The van der Waals surface area contributed by atoms with Crippen molar-refractivity contribution in [2.75, 3.05) is 0 Å². The number of hydrogen-bond acceptors (Lipinski definition) is 2. The molecule has 0 bridgehead atoms. The minimum atomic E-state index is -0.616. The van der Waals surface area contributed by atoms with E-state index < -0.39 is 11.6 Å². The Kier molecular flexibility index (Phi) is 3.57. The molecule has 0 aliphatic rings. The fourth-order valence-corrected chi connectivity index (χ4v) is 2.69. The molecule has 1 nitrogen and oxygen atoms in total. The van der Waals surface area contributed by atoms with E-state index in [-0.39, 0.29) is 11.7 Å². The van der Waals surface area contributed by atoms with Crippen molar-refractivity contribution in [3.63, 3.8) is 0 Å². The maximum atomic E-state index is 13.1. The molecule has 1 aromatic heterocycles. The van der Waals surface area contributed by atoms with Crippen LogP contribution < -0.4 is 0 Å². The molecule has 0 amide bonds. The molecule has 0 spiro atoms. The zero-order chi connectivity index (χ0) is 13.3. The Balaban J connectivity index is 2.38. The first-order chi connectivity index (χ1) is 8.47. The van der Waals surface area contributed by atoms with E-state index in [1.807, 2.05) is 13.8 Å². The summed E-state index contributed by atoms with van der Waals surface area (Å²) in [5, 5.41) is 0. The number of benzene rings is 1. The van der Waals surface area contributed by atoms with E-state index in [9.17, 15) is 13.6 Å². The Morgan fingerprint density at radius 1 is 1.11 bits per heavy atom. The molecule has 94 valence electrons. The van der Waals surface area contributed by atoms with Crippen molar-refractivity contribution in [1.82, 2.24) is 0 Å². The highest BCUT2D eigenvalue weighted by molar-refractivity contribution is 7.17. The first-order valence-corrected chi connectivity index (χ1v) is 6.39. The summed E-state index contributed by atoms with van der Waals surface area (Å²) in [7, 11) is 0. The van der Waals surface area contributed by atoms with Crippen molar-refractivity contribution in [2.24, 2.45) is 5.92 Å². The van der Waals surface area contributed by atoms with Crippen LogP contribution in [0.5, 0.6) is 0 Å². The highest BCUT2D eigenvalue weighted by Crippen LogP contribution is 2.30. The zero-order valence-electron chi connectivity index (χ0n) is 10.0. The lowest BCUT2D eigenvalue weighted by molar-refractivity contribution is 0.0943. The largest absolute Gasteiger partial charge is 0.293 e. The Hall–Kier alpha value is -1.55. The minimum Gasteiger partial charge on any atom is -0.293 e. The van der Waals surface area contributed by atoms with Gasteiger partial charge < -0.3 is 0 Å². The monoisotopic (exact) mass is 266 g/mol. The Morgan fingerprint density at radius 3 is 2.28 bits per heavy atom. The molecule has 0 unspecified atom stereocenters. The minimum absolute atomic E-state index is 0.0446. The van der Waals surface area contributed by atoms with Crippen LogP contribution in [0.2, 0.25) is 0 Å². The second-order valence-electron chi connectivity index (χ2n) is 4.34. The van der Waals surface area contributed by atoms with Crippen LogP contribution in [0.3, 0.4) is 0 Å². The van der Waals surface area contributed by atoms with Gasteiger partial charge in [-0.1, -0.05) is 13.8 Å². The summed E-state index contributed by atoms with van der Waals surface area (Å²) in [6.45, 7) is 3.65. The third-order valence-electron chi connectivity index (χ3n) is 2.52. The van der Waals surface area contributed by atoms with Crippen LogP contribution in [0.25, 0.3) is 10.4 Å². The summed E-state index contributed by atoms with van der Waals surface area (Å²) in [5.41, 5.74) is 0.459. The van der Waals surface area contributed by atoms with E-state index in [1.165, 1.54) is 23.5 Å². The molecule has 0 saturated carbocycles. The van der Waals surface area contributed by atoms with E-state index in [0.29, 0.717) is 15.3 Å². The predicted octanol–water partition coefficient (Wildman–Crippen LogP) is 4.53. The maximum Gasteiger partial charge on any atom is 0.175 e. The number of carbonyl (C=O) groups is 1. The van der Waals surface area contributed by atoms with E-state index in [2.05, 4.69) is 0 Å². The fourth-order valence-electron chi connectivity index (χ4n) is 1.61. The third kappa shape index (κ3) is 2.64. The first-order valence-electron chi connectivity index (χ1n) is 5.58. The van der Waals surface area contributed by atoms with Crippen molar-refractivity contribution < 1.29 is 13.6 Å². The number of Topliss-reactive ketones (excluding diaryl/α,β-unsaturated/α-hetero) is 1. The molecule has 0 radical (unpaired) electrons. The molecule has 0 atom stereocenters. The lowest BCUT2D eigenvalue weighted by atomic mass is 10.1. The van der Waals surface area contributed by atoms with Crippen molar-refractivity contribution in [2.45, 2.75) is 13.8 Å². The number of halogens is 2. The van der Waals surface area contributed by atoms with Gasteiger partial charge in [0.15, 0.2) is 5.78 Å². The summed E-state index contributed by atoms with van der Waals surface area (Å²) < 4.78 is 26.2. The molecule has 2 rings (SSSR count). The van der Waals surface area contributed by atoms with E-state index >= 15 is 0 Å². The van der Waals surface area contributed by atoms with Crippen LogP contribution in [-0.4, -0.2) is 5.78 Å². The number of thiophene rings is 1. The molecule has 0 fully saturated rings. The lowest BCUT2D eigenvalue weighted by Gasteiger charge is -2.00. The fraction of sp³-hybridized carbons (Fsp3) is 0.214. The molecule has 0 aliphatic carbocycles. The van der Waals surface area contributed by atoms with Crippen LogP contribution in [-0.2, 0) is 0 Å². The standard InChI is InChI=1S/C14H12F2OS/c1-8(2)14(17)13-4-3-12(18-13)9-5-10(15)7-11(16)6-9/h3-8H,1-2H3. The Labute approximate surface area is 108 Å². The van der Waals surface area contributed by atoms with Crippen LogP contribution in [0.15, 0.2) is 30.3 Å². The van der Waals surface area contributed by atoms with E-state index in [0.717, 1.165) is 6.07 Å². The summed E-state index contributed by atoms with van der Waals surface area (Å²) in [6.07, 6.45) is 0. The van der Waals surface area contributed by atoms with Crippen LogP contribution in [0.1, 0.15) is 23.5 Å².